The monoisotopic (exact) mass is 235 g/mol. The zero-order valence-corrected chi connectivity index (χ0v) is 8.46. The topological polar surface area (TPSA) is 48.4 Å². The molecule has 0 amide bonds. The molecular weight excluding hydrogens is 227 g/mol. The summed E-state index contributed by atoms with van der Waals surface area (Å²) in [6.45, 7) is 0. The van der Waals surface area contributed by atoms with Gasteiger partial charge in [-0.3, -0.25) is 0 Å². The van der Waals surface area contributed by atoms with Crippen molar-refractivity contribution >= 4 is 5.97 Å². The van der Waals surface area contributed by atoms with Crippen LogP contribution in [0, 0.1) is 5.95 Å². The standard InChI is InChI=1S/C9H8F3NO3/c1-15-4-3-5(10)13-7(8(11)12)6(4)9(14)16-2/h3,8H,1-2H3. The molecule has 0 fully saturated rings. The van der Waals surface area contributed by atoms with E-state index >= 15 is 0 Å². The van der Waals surface area contributed by atoms with E-state index in [1.807, 2.05) is 0 Å². The smallest absolute Gasteiger partial charge is 0.343 e. The first-order chi connectivity index (χ1) is 7.51. The molecule has 88 valence electrons. The van der Waals surface area contributed by atoms with Gasteiger partial charge in [0.2, 0.25) is 5.95 Å². The predicted molar refractivity (Wildman–Crippen MR) is 47.0 cm³/mol. The molecule has 0 aromatic carbocycles. The van der Waals surface area contributed by atoms with Crippen molar-refractivity contribution in [3.63, 3.8) is 0 Å². The Bertz CT molecular complexity index is 409. The Balaban J connectivity index is 3.45. The van der Waals surface area contributed by atoms with Gasteiger partial charge >= 0.3 is 5.97 Å². The quantitative estimate of drug-likeness (QED) is 0.593. The van der Waals surface area contributed by atoms with Gasteiger partial charge < -0.3 is 9.47 Å². The zero-order chi connectivity index (χ0) is 12.3. The molecule has 0 saturated carbocycles. The first-order valence-corrected chi connectivity index (χ1v) is 4.12. The van der Waals surface area contributed by atoms with Crippen molar-refractivity contribution in [3.05, 3.63) is 23.3 Å². The number of hydrogen-bond donors (Lipinski definition) is 0. The number of hydrogen-bond acceptors (Lipinski definition) is 4. The number of alkyl halides is 2. The molecule has 0 atom stereocenters. The molecule has 0 unspecified atom stereocenters. The number of methoxy groups -OCH3 is 2. The highest BCUT2D eigenvalue weighted by atomic mass is 19.3. The van der Waals surface area contributed by atoms with E-state index in [1.165, 1.54) is 0 Å². The molecule has 7 heteroatoms. The van der Waals surface area contributed by atoms with Crippen LogP contribution in [0.25, 0.3) is 0 Å². The second-order valence-electron chi connectivity index (χ2n) is 2.70. The molecule has 0 radical (unpaired) electrons. The number of pyridine rings is 1. The van der Waals surface area contributed by atoms with Crippen molar-refractivity contribution in [2.24, 2.45) is 0 Å². The number of carbonyl (C=O) groups excluding carboxylic acids is 1. The average Bonchev–Trinajstić information content (AvgIpc) is 2.26. The summed E-state index contributed by atoms with van der Waals surface area (Å²) in [5, 5.41) is 0. The second kappa shape index (κ2) is 4.82. The summed E-state index contributed by atoms with van der Waals surface area (Å²) in [5.41, 5.74) is -1.56. The van der Waals surface area contributed by atoms with Gasteiger partial charge in [0.05, 0.1) is 14.2 Å². The van der Waals surface area contributed by atoms with E-state index in [9.17, 15) is 18.0 Å². The summed E-state index contributed by atoms with van der Waals surface area (Å²) < 4.78 is 46.8. The Hall–Kier alpha value is -1.79. The summed E-state index contributed by atoms with van der Waals surface area (Å²) in [6.07, 6.45) is -3.10. The highest BCUT2D eigenvalue weighted by Gasteiger charge is 2.26. The molecule has 16 heavy (non-hydrogen) atoms. The molecule has 1 aromatic rings. The number of esters is 1. The van der Waals surface area contributed by atoms with Crippen molar-refractivity contribution in [1.29, 1.82) is 0 Å². The summed E-state index contributed by atoms with van der Waals surface area (Å²) in [7, 11) is 2.14. The van der Waals surface area contributed by atoms with E-state index in [4.69, 9.17) is 0 Å². The Kier molecular flexibility index (Phi) is 3.70. The van der Waals surface area contributed by atoms with Gasteiger partial charge in [-0.2, -0.15) is 4.39 Å². The number of carbonyl (C=O) groups is 1. The van der Waals surface area contributed by atoms with Gasteiger partial charge in [0, 0.05) is 6.07 Å². The molecule has 1 rings (SSSR count). The van der Waals surface area contributed by atoms with E-state index in [0.717, 1.165) is 20.3 Å². The Morgan fingerprint density at radius 1 is 1.44 bits per heavy atom. The van der Waals surface area contributed by atoms with E-state index in [0.29, 0.717) is 0 Å². The molecule has 1 heterocycles. The van der Waals surface area contributed by atoms with Gasteiger partial charge in [0.15, 0.2) is 0 Å². The van der Waals surface area contributed by atoms with Crippen LogP contribution in [0.5, 0.6) is 5.75 Å². The maximum absolute atomic E-state index is 12.8. The minimum absolute atomic E-state index is 0.338. The van der Waals surface area contributed by atoms with Crippen LogP contribution in [0.2, 0.25) is 0 Å². The number of rotatable bonds is 3. The summed E-state index contributed by atoms with van der Waals surface area (Å²) >= 11 is 0. The molecule has 0 aliphatic carbocycles. The number of aromatic nitrogens is 1. The highest BCUT2D eigenvalue weighted by molar-refractivity contribution is 5.93. The van der Waals surface area contributed by atoms with Crippen molar-refractivity contribution in [2.75, 3.05) is 14.2 Å². The second-order valence-corrected chi connectivity index (χ2v) is 2.70. The molecule has 0 bridgehead atoms. The maximum Gasteiger partial charge on any atom is 0.343 e. The van der Waals surface area contributed by atoms with E-state index in [1.54, 1.807) is 0 Å². The SMILES string of the molecule is COC(=O)c1c(OC)cc(F)nc1C(F)F. The van der Waals surface area contributed by atoms with E-state index < -0.39 is 29.6 Å². The molecular formula is C9H8F3NO3. The third-order valence-electron chi connectivity index (χ3n) is 1.80. The fraction of sp³-hybridized carbons (Fsp3) is 0.333. The lowest BCUT2D eigenvalue weighted by Crippen LogP contribution is -2.11. The summed E-state index contributed by atoms with van der Waals surface area (Å²) in [4.78, 5) is 14.2. The van der Waals surface area contributed by atoms with Crippen LogP contribution in [-0.4, -0.2) is 25.2 Å². The maximum atomic E-state index is 12.8. The van der Waals surface area contributed by atoms with Crippen molar-refractivity contribution in [2.45, 2.75) is 6.43 Å². The predicted octanol–water partition coefficient (Wildman–Crippen LogP) is 1.95. The molecule has 0 spiro atoms. The van der Waals surface area contributed by atoms with Gasteiger partial charge in [-0.1, -0.05) is 0 Å². The van der Waals surface area contributed by atoms with Crippen molar-refractivity contribution in [3.8, 4) is 5.75 Å². The van der Waals surface area contributed by atoms with E-state index in [-0.39, 0.29) is 5.75 Å². The average molecular weight is 235 g/mol. The third kappa shape index (κ3) is 2.23. The first kappa shape index (κ1) is 12.3. The minimum atomic E-state index is -3.10. The first-order valence-electron chi connectivity index (χ1n) is 4.12. The Morgan fingerprint density at radius 2 is 2.06 bits per heavy atom. The normalized spacial score (nSPS) is 10.4. The third-order valence-corrected chi connectivity index (χ3v) is 1.80. The molecule has 0 saturated heterocycles. The van der Waals surface area contributed by atoms with Gasteiger partial charge in [-0.05, 0) is 0 Å². The minimum Gasteiger partial charge on any atom is -0.496 e. The zero-order valence-electron chi connectivity index (χ0n) is 8.46. The molecule has 0 aliphatic rings. The van der Waals surface area contributed by atoms with Crippen molar-refractivity contribution < 1.29 is 27.4 Å². The van der Waals surface area contributed by atoms with Gasteiger partial charge in [0.25, 0.3) is 6.43 Å². The Labute approximate surface area is 89.0 Å². The molecule has 4 nitrogen and oxygen atoms in total. The van der Waals surface area contributed by atoms with Crippen LogP contribution in [0.3, 0.4) is 0 Å². The van der Waals surface area contributed by atoms with Crippen LogP contribution in [0.15, 0.2) is 6.07 Å². The number of ether oxygens (including phenoxy) is 2. The fourth-order valence-electron chi connectivity index (χ4n) is 1.14. The van der Waals surface area contributed by atoms with Gasteiger partial charge in [-0.25, -0.2) is 18.6 Å². The van der Waals surface area contributed by atoms with Crippen LogP contribution in [0.4, 0.5) is 13.2 Å². The fourth-order valence-corrected chi connectivity index (χ4v) is 1.14. The Morgan fingerprint density at radius 3 is 2.50 bits per heavy atom. The van der Waals surface area contributed by atoms with Gasteiger partial charge in [-0.15, -0.1) is 0 Å². The highest BCUT2D eigenvalue weighted by Crippen LogP contribution is 2.29. The number of nitrogens with zero attached hydrogens (tertiary/aromatic N) is 1. The van der Waals surface area contributed by atoms with Crippen molar-refractivity contribution in [1.82, 2.24) is 4.98 Å². The van der Waals surface area contributed by atoms with Crippen LogP contribution < -0.4 is 4.74 Å². The van der Waals surface area contributed by atoms with Crippen LogP contribution in [-0.2, 0) is 4.74 Å². The lowest BCUT2D eigenvalue weighted by atomic mass is 10.1. The summed E-state index contributed by atoms with van der Waals surface area (Å²) in [6, 6.07) is 0.734. The largest absolute Gasteiger partial charge is 0.496 e. The summed E-state index contributed by atoms with van der Waals surface area (Å²) in [5.74, 6) is -2.55. The molecule has 0 aliphatic heterocycles. The lowest BCUT2D eigenvalue weighted by molar-refractivity contribution is 0.0582. The van der Waals surface area contributed by atoms with Gasteiger partial charge in [0.1, 0.15) is 17.0 Å². The van der Waals surface area contributed by atoms with E-state index in [2.05, 4.69) is 14.5 Å². The number of halogens is 3. The lowest BCUT2D eigenvalue weighted by Gasteiger charge is -2.10. The molecule has 0 N–H and O–H groups in total. The van der Waals surface area contributed by atoms with Crippen LogP contribution >= 0.6 is 0 Å². The molecule has 1 aromatic heterocycles. The van der Waals surface area contributed by atoms with Crippen LogP contribution in [0.1, 0.15) is 22.5 Å².